The van der Waals surface area contributed by atoms with Gasteiger partial charge in [0.1, 0.15) is 12.4 Å². The van der Waals surface area contributed by atoms with Gasteiger partial charge >= 0.3 is 0 Å². The van der Waals surface area contributed by atoms with Gasteiger partial charge in [0.05, 0.1) is 7.05 Å². The molecule has 0 atom stereocenters. The van der Waals surface area contributed by atoms with Crippen molar-refractivity contribution in [3.05, 3.63) is 18.7 Å². The highest BCUT2D eigenvalue weighted by atomic mass is 79.9. The third-order valence-electron chi connectivity index (χ3n) is 2.00. The Bertz CT molecular complexity index is 299. The van der Waals surface area contributed by atoms with E-state index in [0.29, 0.717) is 6.54 Å². The fourth-order valence-electron chi connectivity index (χ4n) is 1.22. The average Bonchev–Trinajstić information content (AvgIpc) is 2.52. The molecule has 0 aliphatic rings. The van der Waals surface area contributed by atoms with Crippen LogP contribution in [-0.4, -0.2) is 17.0 Å². The van der Waals surface area contributed by atoms with E-state index in [-0.39, 0.29) is 22.9 Å². The molecule has 1 aromatic heterocycles. The third kappa shape index (κ3) is 5.57. The number of halogens is 1. The zero-order valence-electron chi connectivity index (χ0n) is 9.24. The topological polar surface area (TPSA) is 37.9 Å². The minimum Gasteiger partial charge on any atom is -1.00 e. The summed E-state index contributed by atoms with van der Waals surface area (Å²) in [4.78, 5) is 11.4. The van der Waals surface area contributed by atoms with Gasteiger partial charge < -0.3 is 22.3 Å². The third-order valence-corrected chi connectivity index (χ3v) is 2.00. The smallest absolute Gasteiger partial charge is 0.262 e. The molecule has 86 valence electrons. The Balaban J connectivity index is 0.00000196. The largest absolute Gasteiger partial charge is 1.00 e. The van der Waals surface area contributed by atoms with E-state index in [2.05, 4.69) is 12.2 Å². The molecule has 4 nitrogen and oxygen atoms in total. The van der Waals surface area contributed by atoms with Crippen molar-refractivity contribution in [2.45, 2.75) is 26.3 Å². The number of aryl methyl sites for hydroxylation is 1. The highest BCUT2D eigenvalue weighted by Crippen LogP contribution is 1.86. The zero-order valence-corrected chi connectivity index (χ0v) is 10.8. The van der Waals surface area contributed by atoms with Crippen LogP contribution in [0.15, 0.2) is 18.7 Å². The summed E-state index contributed by atoms with van der Waals surface area (Å²) >= 11 is 0. The van der Waals surface area contributed by atoms with Gasteiger partial charge in [0, 0.05) is 6.54 Å². The summed E-state index contributed by atoms with van der Waals surface area (Å²) in [5.41, 5.74) is 0. The van der Waals surface area contributed by atoms with Gasteiger partial charge in [-0.05, 0) is 6.42 Å². The summed E-state index contributed by atoms with van der Waals surface area (Å²) in [5.74, 6) is 0.0784. The molecule has 1 amide bonds. The quantitative estimate of drug-likeness (QED) is 0.459. The van der Waals surface area contributed by atoms with Gasteiger partial charge in [0.15, 0.2) is 6.54 Å². The molecule has 1 rings (SSSR count). The molecular formula is C10H18BrN3O. The van der Waals surface area contributed by atoms with Crippen LogP contribution in [0, 0.1) is 0 Å². The number of imidazole rings is 1. The fourth-order valence-corrected chi connectivity index (χ4v) is 1.22. The minimum atomic E-state index is 0. The number of rotatable bonds is 5. The van der Waals surface area contributed by atoms with Gasteiger partial charge in [-0.1, -0.05) is 13.3 Å². The SMILES string of the molecule is CCCCNC(=O)Cn1cc[n+](C)c1.[Br-]. The molecule has 1 N–H and O–H groups in total. The number of carbonyl (C=O) groups is 1. The standard InChI is InChI=1S/C10H17N3O.BrH/c1-3-4-5-11-10(14)8-13-7-6-12(2)9-13;/h6-7,9H,3-5,8H2,1-2H3;1H. The summed E-state index contributed by atoms with van der Waals surface area (Å²) in [6, 6.07) is 0. The first-order valence-corrected chi connectivity index (χ1v) is 5.00. The van der Waals surface area contributed by atoms with Crippen LogP contribution in [0.1, 0.15) is 19.8 Å². The summed E-state index contributed by atoms with van der Waals surface area (Å²) in [5, 5.41) is 2.87. The van der Waals surface area contributed by atoms with E-state index < -0.39 is 0 Å². The van der Waals surface area contributed by atoms with Crippen molar-refractivity contribution in [2.75, 3.05) is 6.54 Å². The van der Waals surface area contributed by atoms with Gasteiger partial charge in [-0.3, -0.25) is 4.79 Å². The van der Waals surface area contributed by atoms with E-state index in [4.69, 9.17) is 0 Å². The molecule has 1 aromatic rings. The van der Waals surface area contributed by atoms with E-state index >= 15 is 0 Å². The molecule has 0 saturated heterocycles. The van der Waals surface area contributed by atoms with Crippen LogP contribution in [0.5, 0.6) is 0 Å². The molecule has 0 spiro atoms. The highest BCUT2D eigenvalue weighted by molar-refractivity contribution is 5.75. The van der Waals surface area contributed by atoms with E-state index in [9.17, 15) is 4.79 Å². The molecule has 0 radical (unpaired) electrons. The van der Waals surface area contributed by atoms with Crippen molar-refractivity contribution < 1.29 is 26.3 Å². The number of hydrogen-bond donors (Lipinski definition) is 1. The van der Waals surface area contributed by atoms with Crippen LogP contribution in [0.4, 0.5) is 0 Å². The summed E-state index contributed by atoms with van der Waals surface area (Å²) in [6.45, 7) is 3.30. The van der Waals surface area contributed by atoms with Crippen LogP contribution >= 0.6 is 0 Å². The summed E-state index contributed by atoms with van der Waals surface area (Å²) in [6.07, 6.45) is 7.85. The number of unbranched alkanes of at least 4 members (excludes halogenated alkanes) is 1. The number of hydrogen-bond acceptors (Lipinski definition) is 1. The van der Waals surface area contributed by atoms with Crippen LogP contribution in [0.3, 0.4) is 0 Å². The predicted octanol–water partition coefficient (Wildman–Crippen LogP) is -2.77. The summed E-state index contributed by atoms with van der Waals surface area (Å²) < 4.78 is 3.78. The second-order valence-corrected chi connectivity index (χ2v) is 3.45. The maximum Gasteiger partial charge on any atom is 0.262 e. The maximum atomic E-state index is 11.4. The number of carbonyl (C=O) groups excluding carboxylic acids is 1. The van der Waals surface area contributed by atoms with E-state index in [1.54, 1.807) is 0 Å². The van der Waals surface area contributed by atoms with Crippen LogP contribution in [-0.2, 0) is 18.4 Å². The molecular weight excluding hydrogens is 258 g/mol. The van der Waals surface area contributed by atoms with E-state index in [1.807, 2.05) is 34.9 Å². The first kappa shape index (κ1) is 14.2. The average molecular weight is 276 g/mol. The Kier molecular flexibility index (Phi) is 7.03. The molecule has 5 heteroatoms. The molecule has 0 aliphatic heterocycles. The molecule has 0 aliphatic carbocycles. The predicted molar refractivity (Wildman–Crippen MR) is 53.5 cm³/mol. The van der Waals surface area contributed by atoms with Gasteiger partial charge in [0.25, 0.3) is 5.91 Å². The number of nitrogens with zero attached hydrogens (tertiary/aromatic N) is 2. The number of amides is 1. The van der Waals surface area contributed by atoms with E-state index in [1.165, 1.54) is 0 Å². The van der Waals surface area contributed by atoms with E-state index in [0.717, 1.165) is 19.4 Å². The minimum absolute atomic E-state index is 0. The van der Waals surface area contributed by atoms with Gasteiger partial charge in [-0.15, -0.1) is 0 Å². The second kappa shape index (κ2) is 7.45. The van der Waals surface area contributed by atoms with Crippen LogP contribution < -0.4 is 26.9 Å². The van der Waals surface area contributed by atoms with Crippen molar-refractivity contribution in [3.8, 4) is 0 Å². The molecule has 0 unspecified atom stereocenters. The molecule has 0 fully saturated rings. The van der Waals surface area contributed by atoms with Gasteiger partial charge in [-0.25, -0.2) is 9.13 Å². The van der Waals surface area contributed by atoms with Crippen LogP contribution in [0.25, 0.3) is 0 Å². The Hall–Kier alpha value is -0.840. The highest BCUT2D eigenvalue weighted by Gasteiger charge is 2.06. The monoisotopic (exact) mass is 275 g/mol. The number of nitrogens with one attached hydrogen (secondary N) is 1. The summed E-state index contributed by atoms with van der Waals surface area (Å²) in [7, 11) is 1.94. The van der Waals surface area contributed by atoms with Gasteiger partial charge in [0.2, 0.25) is 6.33 Å². The Labute approximate surface area is 101 Å². The molecule has 0 saturated carbocycles. The lowest BCUT2D eigenvalue weighted by atomic mass is 10.3. The van der Waals surface area contributed by atoms with Crippen molar-refractivity contribution in [1.29, 1.82) is 0 Å². The van der Waals surface area contributed by atoms with Crippen molar-refractivity contribution in [3.63, 3.8) is 0 Å². The van der Waals surface area contributed by atoms with Gasteiger partial charge in [-0.2, -0.15) is 0 Å². The molecule has 1 heterocycles. The second-order valence-electron chi connectivity index (χ2n) is 3.45. The van der Waals surface area contributed by atoms with Crippen LogP contribution in [0.2, 0.25) is 0 Å². The first-order chi connectivity index (χ1) is 6.72. The fraction of sp³-hybridized carbons (Fsp3) is 0.600. The number of aromatic nitrogens is 2. The molecule has 0 bridgehead atoms. The van der Waals surface area contributed by atoms with Crippen molar-refractivity contribution in [2.24, 2.45) is 7.05 Å². The lowest BCUT2D eigenvalue weighted by Crippen LogP contribution is -3.00. The Morgan fingerprint density at radius 2 is 2.27 bits per heavy atom. The normalized spacial score (nSPS) is 9.47. The zero-order chi connectivity index (χ0) is 10.4. The lowest BCUT2D eigenvalue weighted by Gasteiger charge is -2.01. The lowest BCUT2D eigenvalue weighted by molar-refractivity contribution is -0.671. The molecule has 15 heavy (non-hydrogen) atoms. The Morgan fingerprint density at radius 1 is 1.53 bits per heavy atom. The van der Waals surface area contributed by atoms with Crippen molar-refractivity contribution in [1.82, 2.24) is 9.88 Å². The van der Waals surface area contributed by atoms with Crippen molar-refractivity contribution >= 4 is 5.91 Å². The first-order valence-electron chi connectivity index (χ1n) is 5.00. The Morgan fingerprint density at radius 3 is 2.80 bits per heavy atom. The maximum absolute atomic E-state index is 11.4. The molecule has 0 aromatic carbocycles.